The van der Waals surface area contributed by atoms with Crippen molar-refractivity contribution in [1.82, 2.24) is 29.9 Å². The molecule has 0 bridgehead atoms. The molecule has 1 unspecified atom stereocenters. The van der Waals surface area contributed by atoms with Gasteiger partial charge in [0.05, 0.1) is 96.6 Å². The van der Waals surface area contributed by atoms with Crippen LogP contribution in [0.5, 0.6) is 0 Å². The molecule has 0 radical (unpaired) electrons. The molecule has 4 N–H and O–H groups in total. The van der Waals surface area contributed by atoms with Gasteiger partial charge in [-0.05, 0) is 66.7 Å². The number of hydrazone groups is 2. The van der Waals surface area contributed by atoms with Crippen LogP contribution in [0.4, 0.5) is 66.4 Å². The van der Waals surface area contributed by atoms with Crippen molar-refractivity contribution in [3.05, 3.63) is 120 Å². The number of ether oxygens (including phenoxy) is 2. The van der Waals surface area contributed by atoms with E-state index in [1.807, 2.05) is 103 Å². The van der Waals surface area contributed by atoms with E-state index >= 15 is 4.39 Å². The Hall–Kier alpha value is -7.29. The number of hydrogen-bond donors (Lipinski definition) is 4. The fourth-order valence-corrected chi connectivity index (χ4v) is 7.33. The SMILES string of the molecule is CN(C)c1ccc(Nc2ccc(/C=N/Nc3ncc(F)c(N4CCOC(CN(C)c5ccc(Nc6ccc(/C=N/Nc7ncc(F)c(N8CCOCC8)n7)nc6)cc5)C4)n3)nc2)cc1Cl. The summed E-state index contributed by atoms with van der Waals surface area (Å²) >= 11 is 6.41. The number of benzene rings is 2. The minimum atomic E-state index is -0.538. The molecule has 18 nitrogen and oxygen atoms in total. The fraction of sp³-hybridized carbons (Fsp3) is 0.273. The number of nitrogens with zero attached hydrogens (tertiary/aromatic N) is 12. The van der Waals surface area contributed by atoms with Crippen molar-refractivity contribution >= 4 is 81.7 Å². The summed E-state index contributed by atoms with van der Waals surface area (Å²) in [5.74, 6) is -0.335. The first-order chi connectivity index (χ1) is 31.6. The van der Waals surface area contributed by atoms with Gasteiger partial charge in [-0.2, -0.15) is 20.2 Å². The lowest BCUT2D eigenvalue weighted by molar-refractivity contribution is 0.0454. The molecule has 4 aromatic heterocycles. The lowest BCUT2D eigenvalue weighted by atomic mass is 10.2. The maximum absolute atomic E-state index is 15.1. The first kappa shape index (κ1) is 44.3. The Kier molecular flexibility index (Phi) is 14.3. The van der Waals surface area contributed by atoms with Crippen LogP contribution in [-0.4, -0.2) is 122 Å². The van der Waals surface area contributed by atoms with Crippen molar-refractivity contribution in [2.45, 2.75) is 6.10 Å². The maximum Gasteiger partial charge on any atom is 0.245 e. The number of anilines is 10. The summed E-state index contributed by atoms with van der Waals surface area (Å²) in [7, 11) is 5.86. The predicted octanol–water partition coefficient (Wildman–Crippen LogP) is 6.61. The summed E-state index contributed by atoms with van der Waals surface area (Å²) in [6.07, 6.45) is 8.50. The van der Waals surface area contributed by atoms with E-state index in [0.717, 1.165) is 46.5 Å². The van der Waals surface area contributed by atoms with Gasteiger partial charge < -0.3 is 39.7 Å². The number of morpholine rings is 2. The van der Waals surface area contributed by atoms with Crippen molar-refractivity contribution in [3.8, 4) is 0 Å². The van der Waals surface area contributed by atoms with Gasteiger partial charge in [0.25, 0.3) is 0 Å². The largest absolute Gasteiger partial charge is 0.378 e. The van der Waals surface area contributed by atoms with Crippen LogP contribution < -0.4 is 41.1 Å². The van der Waals surface area contributed by atoms with E-state index in [4.69, 9.17) is 21.1 Å². The van der Waals surface area contributed by atoms with E-state index in [1.165, 1.54) is 12.4 Å². The van der Waals surface area contributed by atoms with Crippen molar-refractivity contribution in [1.29, 1.82) is 0 Å². The third kappa shape index (κ3) is 11.8. The molecular weight excluding hydrogens is 858 g/mol. The first-order valence-electron chi connectivity index (χ1n) is 20.7. The maximum atomic E-state index is 15.1. The third-order valence-electron chi connectivity index (χ3n) is 10.3. The highest BCUT2D eigenvalue weighted by Crippen LogP contribution is 2.29. The topological polar surface area (TPSA) is 182 Å². The lowest BCUT2D eigenvalue weighted by Crippen LogP contribution is -2.47. The first-order valence-corrected chi connectivity index (χ1v) is 21.1. The standard InChI is InChI=1S/C44H47ClF2N16O2/c1-60(2)40-13-10-30(20-37(40)45)55-34-7-5-32(49-22-34)24-53-59-44-51-26-39(47)42(57-44)63-16-19-65-36(28-63)27-61(3)35-11-8-29(9-12-35)54-33-6-4-31(48-21-33)23-52-58-43-50-25-38(46)41(56-43)62-14-17-64-18-15-62/h4-13,20-26,36,54-55H,14-19,27-28H2,1-3H3,(H,50,56,58)(H,51,57,59)/b52-23+,53-24+. The van der Waals surface area contributed by atoms with E-state index in [-0.39, 0.29) is 29.6 Å². The molecule has 2 aromatic carbocycles. The van der Waals surface area contributed by atoms with Crippen LogP contribution in [0.15, 0.2) is 102 Å². The van der Waals surface area contributed by atoms with Crippen LogP contribution in [0, 0.1) is 11.6 Å². The van der Waals surface area contributed by atoms with Crippen LogP contribution in [0.3, 0.4) is 0 Å². The van der Waals surface area contributed by atoms with Gasteiger partial charge in [-0.15, -0.1) is 0 Å². The zero-order valence-corrected chi connectivity index (χ0v) is 36.6. The van der Waals surface area contributed by atoms with Gasteiger partial charge >= 0.3 is 0 Å². The highest BCUT2D eigenvalue weighted by molar-refractivity contribution is 6.33. The molecule has 0 spiro atoms. The Morgan fingerprint density at radius 3 is 1.82 bits per heavy atom. The second-order valence-corrected chi connectivity index (χ2v) is 15.6. The Balaban J connectivity index is 0.793. The van der Waals surface area contributed by atoms with Gasteiger partial charge in [0.1, 0.15) is 0 Å². The minimum absolute atomic E-state index is 0.146. The number of halogens is 3. The zero-order chi connectivity index (χ0) is 45.1. The second-order valence-electron chi connectivity index (χ2n) is 15.2. The highest BCUT2D eigenvalue weighted by atomic mass is 35.5. The van der Waals surface area contributed by atoms with Crippen LogP contribution in [0.2, 0.25) is 5.02 Å². The Bertz CT molecular complexity index is 2580. The number of rotatable bonds is 16. The van der Waals surface area contributed by atoms with Gasteiger partial charge in [0.2, 0.25) is 11.9 Å². The summed E-state index contributed by atoms with van der Waals surface area (Å²) in [5, 5.41) is 15.7. The number of aromatic nitrogens is 6. The molecule has 8 rings (SSSR count). The Morgan fingerprint density at radius 2 is 1.25 bits per heavy atom. The molecule has 2 aliphatic heterocycles. The van der Waals surface area contributed by atoms with Gasteiger partial charge in [-0.25, -0.2) is 29.6 Å². The molecule has 6 heterocycles. The lowest BCUT2D eigenvalue weighted by Gasteiger charge is -2.36. The van der Waals surface area contributed by atoms with E-state index in [2.05, 4.69) is 66.5 Å². The van der Waals surface area contributed by atoms with Crippen molar-refractivity contribution in [2.24, 2.45) is 10.2 Å². The van der Waals surface area contributed by atoms with Crippen LogP contribution in [-0.2, 0) is 9.47 Å². The molecule has 6 aromatic rings. The number of pyridine rings is 2. The molecule has 336 valence electrons. The normalized spacial score (nSPS) is 15.3. The van der Waals surface area contributed by atoms with E-state index < -0.39 is 11.6 Å². The number of likely N-dealkylation sites (N-methyl/N-ethyl adjacent to an activating group) is 1. The van der Waals surface area contributed by atoms with Gasteiger partial charge in [0.15, 0.2) is 23.3 Å². The average molecular weight is 905 g/mol. The van der Waals surface area contributed by atoms with Gasteiger partial charge in [-0.3, -0.25) is 9.97 Å². The molecule has 2 aliphatic rings. The summed E-state index contributed by atoms with van der Waals surface area (Å²) in [6, 6.07) is 21.1. The van der Waals surface area contributed by atoms with Crippen LogP contribution in [0.1, 0.15) is 11.4 Å². The predicted molar refractivity (Wildman–Crippen MR) is 252 cm³/mol. The van der Waals surface area contributed by atoms with Crippen LogP contribution >= 0.6 is 11.6 Å². The zero-order valence-electron chi connectivity index (χ0n) is 35.9. The summed E-state index contributed by atoms with van der Waals surface area (Å²) in [4.78, 5) is 33.4. The van der Waals surface area contributed by atoms with E-state index in [0.29, 0.717) is 69.0 Å². The molecule has 0 amide bonds. The summed E-state index contributed by atoms with van der Waals surface area (Å²) < 4.78 is 40.9. The van der Waals surface area contributed by atoms with Gasteiger partial charge in [-0.1, -0.05) is 11.6 Å². The molecular formula is C44H47ClF2N16O2. The second kappa shape index (κ2) is 20.9. The van der Waals surface area contributed by atoms with Crippen molar-refractivity contribution < 1.29 is 18.3 Å². The Morgan fingerprint density at radius 1 is 0.692 bits per heavy atom. The van der Waals surface area contributed by atoms with E-state index in [1.54, 1.807) is 12.4 Å². The summed E-state index contributed by atoms with van der Waals surface area (Å²) in [5.41, 5.74) is 11.9. The third-order valence-corrected chi connectivity index (χ3v) is 10.6. The molecule has 21 heteroatoms. The average Bonchev–Trinajstić information content (AvgIpc) is 3.32. The summed E-state index contributed by atoms with van der Waals surface area (Å²) in [6.45, 7) is 3.99. The molecule has 2 saturated heterocycles. The fourth-order valence-electron chi connectivity index (χ4n) is 6.98. The van der Waals surface area contributed by atoms with Crippen LogP contribution in [0.25, 0.3) is 0 Å². The molecule has 2 fully saturated rings. The van der Waals surface area contributed by atoms with Gasteiger partial charge in [0, 0.05) is 70.9 Å². The van der Waals surface area contributed by atoms with E-state index in [9.17, 15) is 4.39 Å². The molecule has 65 heavy (non-hydrogen) atoms. The van der Waals surface area contributed by atoms with Crippen molar-refractivity contribution in [3.63, 3.8) is 0 Å². The number of nitrogens with one attached hydrogen (secondary N) is 4. The highest BCUT2D eigenvalue weighted by Gasteiger charge is 2.26. The van der Waals surface area contributed by atoms with Crippen molar-refractivity contribution in [2.75, 3.05) is 115 Å². The monoisotopic (exact) mass is 904 g/mol. The molecule has 0 aliphatic carbocycles. The molecule has 1 atom stereocenters. The Labute approximate surface area is 379 Å². The minimum Gasteiger partial charge on any atom is -0.378 e. The quantitative estimate of drug-likeness (QED) is 0.0601. The molecule has 0 saturated carbocycles. The smallest absolute Gasteiger partial charge is 0.245 e. The number of hydrogen-bond acceptors (Lipinski definition) is 18.